The van der Waals surface area contributed by atoms with Gasteiger partial charge in [-0.05, 0) is 30.7 Å². The first-order valence-corrected chi connectivity index (χ1v) is 7.84. The van der Waals surface area contributed by atoms with Gasteiger partial charge in [-0.15, -0.1) is 0 Å². The van der Waals surface area contributed by atoms with Crippen LogP contribution in [0.25, 0.3) is 0 Å². The molecule has 0 aliphatic rings. The Morgan fingerprint density at radius 1 is 1.12 bits per heavy atom. The Hall–Kier alpha value is -3.09. The van der Waals surface area contributed by atoms with Gasteiger partial charge >= 0.3 is 5.97 Å². The predicted molar refractivity (Wildman–Crippen MR) is 92.9 cm³/mol. The highest BCUT2D eigenvalue weighted by Crippen LogP contribution is 2.23. The Bertz CT molecular complexity index is 822. The Labute approximate surface area is 150 Å². The van der Waals surface area contributed by atoms with Gasteiger partial charge in [0, 0.05) is 5.56 Å². The number of amides is 1. The van der Waals surface area contributed by atoms with Crippen molar-refractivity contribution in [2.24, 2.45) is 0 Å². The number of carbonyl (C=O) groups is 2. The summed E-state index contributed by atoms with van der Waals surface area (Å²) in [6, 6.07) is 7.75. The highest BCUT2D eigenvalue weighted by atomic mass is 19.1. The molecule has 0 fully saturated rings. The molecule has 0 spiro atoms. The van der Waals surface area contributed by atoms with Crippen molar-refractivity contribution in [3.05, 3.63) is 58.9 Å². The number of aliphatic carboxylic acids is 1. The molecule has 138 valence electrons. The van der Waals surface area contributed by atoms with Crippen LogP contribution in [0.15, 0.2) is 36.4 Å². The van der Waals surface area contributed by atoms with E-state index in [9.17, 15) is 19.1 Å². The molecule has 2 aromatic carbocycles. The Balaban J connectivity index is 2.20. The van der Waals surface area contributed by atoms with Crippen molar-refractivity contribution in [3.8, 4) is 11.5 Å². The number of halogens is 1. The molecule has 2 N–H and O–H groups in total. The van der Waals surface area contributed by atoms with Gasteiger partial charge in [0.25, 0.3) is 0 Å². The number of ether oxygens (including phenoxy) is 2. The molecule has 1 unspecified atom stereocenters. The molecule has 0 bridgehead atoms. The van der Waals surface area contributed by atoms with E-state index in [-0.39, 0.29) is 17.7 Å². The van der Waals surface area contributed by atoms with Gasteiger partial charge in [0.05, 0.1) is 20.6 Å². The third-order valence-electron chi connectivity index (χ3n) is 3.85. The topological polar surface area (TPSA) is 84.9 Å². The van der Waals surface area contributed by atoms with Crippen LogP contribution in [0.3, 0.4) is 0 Å². The standard InChI is InChI=1S/C19H20FNO5/c1-11-4-6-15(25-2)13(8-11)10-17(22)21-18(19(23)24)12-5-7-16(26-3)14(20)9-12/h4-9,18H,10H2,1-3H3,(H,21,22)(H,23,24). The number of aryl methyl sites for hydroxylation is 1. The third kappa shape index (κ3) is 4.50. The van der Waals surface area contributed by atoms with Gasteiger partial charge in [0.2, 0.25) is 5.91 Å². The van der Waals surface area contributed by atoms with E-state index in [1.165, 1.54) is 26.4 Å². The van der Waals surface area contributed by atoms with Crippen molar-refractivity contribution in [1.82, 2.24) is 5.32 Å². The summed E-state index contributed by atoms with van der Waals surface area (Å²) in [4.78, 5) is 23.9. The molecule has 2 rings (SSSR count). The van der Waals surface area contributed by atoms with Crippen LogP contribution in [0.2, 0.25) is 0 Å². The van der Waals surface area contributed by atoms with Crippen molar-refractivity contribution in [1.29, 1.82) is 0 Å². The predicted octanol–water partition coefficient (Wildman–Crippen LogP) is 2.64. The fraction of sp³-hybridized carbons (Fsp3) is 0.263. The van der Waals surface area contributed by atoms with Crippen LogP contribution in [-0.4, -0.2) is 31.2 Å². The monoisotopic (exact) mass is 361 g/mol. The van der Waals surface area contributed by atoms with E-state index in [0.717, 1.165) is 11.6 Å². The number of hydrogen-bond donors (Lipinski definition) is 2. The van der Waals surface area contributed by atoms with E-state index < -0.39 is 23.7 Å². The van der Waals surface area contributed by atoms with Crippen LogP contribution in [0.4, 0.5) is 4.39 Å². The molecule has 7 heteroatoms. The minimum absolute atomic E-state index is 0.00582. The quantitative estimate of drug-likeness (QED) is 0.792. The first-order valence-electron chi connectivity index (χ1n) is 7.84. The molecule has 0 saturated heterocycles. The Morgan fingerprint density at radius 3 is 2.35 bits per heavy atom. The molecule has 0 aromatic heterocycles. The van der Waals surface area contributed by atoms with E-state index in [0.29, 0.717) is 11.3 Å². The molecule has 1 atom stereocenters. The summed E-state index contributed by atoms with van der Waals surface area (Å²) < 4.78 is 23.9. The van der Waals surface area contributed by atoms with Gasteiger partial charge in [0.1, 0.15) is 5.75 Å². The Morgan fingerprint density at radius 2 is 1.77 bits per heavy atom. The average molecular weight is 361 g/mol. The van der Waals surface area contributed by atoms with Gasteiger partial charge < -0.3 is 19.9 Å². The minimum atomic E-state index is -1.38. The van der Waals surface area contributed by atoms with Crippen LogP contribution in [0.5, 0.6) is 11.5 Å². The molecular formula is C19H20FNO5. The maximum absolute atomic E-state index is 13.9. The lowest BCUT2D eigenvalue weighted by molar-refractivity contribution is -0.142. The lowest BCUT2D eigenvalue weighted by atomic mass is 10.0. The summed E-state index contributed by atoms with van der Waals surface area (Å²) >= 11 is 0. The molecule has 1 amide bonds. The third-order valence-corrected chi connectivity index (χ3v) is 3.85. The summed E-state index contributed by atoms with van der Waals surface area (Å²) in [5.74, 6) is -1.98. The smallest absolute Gasteiger partial charge is 0.330 e. The van der Waals surface area contributed by atoms with E-state index in [1.807, 2.05) is 13.0 Å². The number of carboxylic acids is 1. The molecule has 2 aromatic rings. The summed E-state index contributed by atoms with van der Waals surface area (Å²) in [6.07, 6.45) is -0.0622. The first-order chi connectivity index (χ1) is 12.3. The van der Waals surface area contributed by atoms with Gasteiger partial charge in [-0.2, -0.15) is 0 Å². The first kappa shape index (κ1) is 19.2. The Kier molecular flexibility index (Phi) is 6.16. The van der Waals surface area contributed by atoms with Gasteiger partial charge in [-0.3, -0.25) is 4.79 Å². The molecule has 6 nitrogen and oxygen atoms in total. The van der Waals surface area contributed by atoms with Gasteiger partial charge in [0.15, 0.2) is 17.6 Å². The molecular weight excluding hydrogens is 341 g/mol. The van der Waals surface area contributed by atoms with Crippen LogP contribution < -0.4 is 14.8 Å². The number of carboxylic acid groups (broad SMARTS) is 1. The van der Waals surface area contributed by atoms with E-state index >= 15 is 0 Å². The van der Waals surface area contributed by atoms with Crippen LogP contribution in [-0.2, 0) is 16.0 Å². The highest BCUT2D eigenvalue weighted by Gasteiger charge is 2.24. The largest absolute Gasteiger partial charge is 0.496 e. The van der Waals surface area contributed by atoms with Crippen molar-refractivity contribution in [3.63, 3.8) is 0 Å². The fourth-order valence-electron chi connectivity index (χ4n) is 2.58. The van der Waals surface area contributed by atoms with Gasteiger partial charge in [-0.1, -0.05) is 23.8 Å². The number of carbonyl (C=O) groups excluding carboxylic acids is 1. The van der Waals surface area contributed by atoms with Gasteiger partial charge in [-0.25, -0.2) is 9.18 Å². The number of nitrogens with one attached hydrogen (secondary N) is 1. The van der Waals surface area contributed by atoms with Crippen LogP contribution >= 0.6 is 0 Å². The minimum Gasteiger partial charge on any atom is -0.496 e. The zero-order valence-electron chi connectivity index (χ0n) is 14.7. The summed E-state index contributed by atoms with van der Waals surface area (Å²) in [5.41, 5.74) is 1.69. The lowest BCUT2D eigenvalue weighted by Crippen LogP contribution is -2.34. The normalized spacial score (nSPS) is 11.5. The summed E-state index contributed by atoms with van der Waals surface area (Å²) in [7, 11) is 2.80. The van der Waals surface area contributed by atoms with E-state index in [2.05, 4.69) is 5.32 Å². The maximum Gasteiger partial charge on any atom is 0.330 e. The van der Waals surface area contributed by atoms with E-state index in [1.54, 1.807) is 12.1 Å². The zero-order chi connectivity index (χ0) is 19.3. The number of rotatable bonds is 7. The van der Waals surface area contributed by atoms with E-state index in [4.69, 9.17) is 9.47 Å². The second-order valence-electron chi connectivity index (χ2n) is 5.72. The number of hydrogen-bond acceptors (Lipinski definition) is 4. The second kappa shape index (κ2) is 8.33. The van der Waals surface area contributed by atoms with Crippen molar-refractivity contribution < 1.29 is 28.6 Å². The van der Waals surface area contributed by atoms with Crippen molar-refractivity contribution in [2.45, 2.75) is 19.4 Å². The molecule has 0 saturated carbocycles. The fourth-order valence-corrected chi connectivity index (χ4v) is 2.58. The van der Waals surface area contributed by atoms with Crippen LogP contribution in [0, 0.1) is 12.7 Å². The second-order valence-corrected chi connectivity index (χ2v) is 5.72. The summed E-state index contributed by atoms with van der Waals surface area (Å²) in [6.45, 7) is 1.88. The summed E-state index contributed by atoms with van der Waals surface area (Å²) in [5, 5.41) is 11.8. The SMILES string of the molecule is COc1ccc(C(NC(=O)Cc2cc(C)ccc2OC)C(=O)O)cc1F. The molecule has 0 radical (unpaired) electrons. The molecule has 0 heterocycles. The zero-order valence-corrected chi connectivity index (χ0v) is 14.7. The maximum atomic E-state index is 13.9. The molecule has 0 aliphatic carbocycles. The highest BCUT2D eigenvalue weighted by molar-refractivity contribution is 5.86. The molecule has 26 heavy (non-hydrogen) atoms. The van der Waals surface area contributed by atoms with Crippen LogP contribution in [0.1, 0.15) is 22.7 Å². The van der Waals surface area contributed by atoms with Crippen molar-refractivity contribution in [2.75, 3.05) is 14.2 Å². The number of benzene rings is 2. The van der Waals surface area contributed by atoms with Crippen molar-refractivity contribution >= 4 is 11.9 Å². The lowest BCUT2D eigenvalue weighted by Gasteiger charge is -2.16. The molecule has 0 aliphatic heterocycles. The number of methoxy groups -OCH3 is 2. The average Bonchev–Trinajstić information content (AvgIpc) is 2.59.